The molecule has 0 radical (unpaired) electrons. The number of hydrogen-bond acceptors (Lipinski definition) is 1. The topological polar surface area (TPSA) is 8.17 Å². The number of rotatable bonds is 6. The van der Waals surface area contributed by atoms with E-state index in [2.05, 4.69) is 214 Å². The summed E-state index contributed by atoms with van der Waals surface area (Å²) in [5, 5.41) is 5.03. The van der Waals surface area contributed by atoms with Gasteiger partial charge in [0, 0.05) is 33.3 Å². The van der Waals surface area contributed by atoms with Crippen LogP contribution < -0.4 is 4.90 Å². The normalized spacial score (nSPS) is 19.2. The summed E-state index contributed by atoms with van der Waals surface area (Å²) in [6.07, 6.45) is 15.9. The van der Waals surface area contributed by atoms with Gasteiger partial charge in [-0.25, -0.2) is 0 Å². The number of allylic oxidation sites excluding steroid dienone is 8. The first-order valence-electron chi connectivity index (χ1n) is 18.6. The van der Waals surface area contributed by atoms with Gasteiger partial charge in [-0.1, -0.05) is 142 Å². The molecule has 1 aromatic heterocycles. The van der Waals surface area contributed by atoms with E-state index in [4.69, 9.17) is 0 Å². The second-order valence-corrected chi connectivity index (χ2v) is 15.1. The standard InChI is InChI=1S/C50H44N2/c1-6-15-38(7-2)52-44-20-11-10-18-41(44)42-30-29-40(33-46(42)52)51(39-27-25-35(26-28-39)37-24-23-34-16-8-9-17-36(34)32-37)45-21-14-19-43-48(45)50(5)31-13-12-22-47(50)49(43,3)4/h6-33,47H,1-5H3/b15-6-,38-7+. The van der Waals surface area contributed by atoms with Gasteiger partial charge in [-0.3, -0.25) is 0 Å². The Hall–Kier alpha value is -5.86. The summed E-state index contributed by atoms with van der Waals surface area (Å²) in [5.74, 6) is 0.362. The largest absolute Gasteiger partial charge is 0.310 e. The lowest BCUT2D eigenvalue weighted by atomic mass is 9.67. The van der Waals surface area contributed by atoms with Gasteiger partial charge in [0.05, 0.1) is 16.7 Å². The smallest absolute Gasteiger partial charge is 0.0561 e. The summed E-state index contributed by atoms with van der Waals surface area (Å²) >= 11 is 0. The molecule has 1 heterocycles. The third-order valence-corrected chi connectivity index (χ3v) is 11.8. The summed E-state index contributed by atoms with van der Waals surface area (Å²) in [6.45, 7) is 11.5. The van der Waals surface area contributed by atoms with Gasteiger partial charge in [0.2, 0.25) is 0 Å². The van der Waals surface area contributed by atoms with E-state index in [0.717, 1.165) is 17.1 Å². The van der Waals surface area contributed by atoms with Crippen LogP contribution in [0.2, 0.25) is 0 Å². The Morgan fingerprint density at radius 2 is 1.38 bits per heavy atom. The summed E-state index contributed by atoms with van der Waals surface area (Å²) in [5.41, 5.74) is 12.2. The number of hydrogen-bond donors (Lipinski definition) is 0. The average Bonchev–Trinajstić information content (AvgIpc) is 3.59. The van der Waals surface area contributed by atoms with Gasteiger partial charge in [0.15, 0.2) is 0 Å². The Bertz CT molecular complexity index is 2640. The molecule has 2 atom stereocenters. The minimum atomic E-state index is -0.142. The van der Waals surface area contributed by atoms with Crippen LogP contribution in [0, 0.1) is 5.92 Å². The van der Waals surface area contributed by atoms with E-state index in [0.29, 0.717) is 5.92 Å². The van der Waals surface area contributed by atoms with E-state index < -0.39 is 0 Å². The Morgan fingerprint density at radius 3 is 2.19 bits per heavy atom. The molecule has 254 valence electrons. The molecule has 0 saturated carbocycles. The molecule has 2 nitrogen and oxygen atoms in total. The highest BCUT2D eigenvalue weighted by Crippen LogP contribution is 2.60. The van der Waals surface area contributed by atoms with Gasteiger partial charge in [-0.2, -0.15) is 0 Å². The van der Waals surface area contributed by atoms with Crippen molar-refractivity contribution in [1.82, 2.24) is 4.57 Å². The minimum absolute atomic E-state index is 0.0172. The van der Waals surface area contributed by atoms with Crippen LogP contribution in [0.4, 0.5) is 17.1 Å². The SMILES string of the molecule is C/C=C\C(=C/C)n1c2ccccc2c2ccc(N(c3ccc(-c4ccc5ccccc5c4)cc3)c3cccc4c3C3(C)C=CC=CC3C4(C)C)cc21. The van der Waals surface area contributed by atoms with Gasteiger partial charge < -0.3 is 9.47 Å². The fourth-order valence-electron chi connectivity index (χ4n) is 9.41. The fourth-order valence-corrected chi connectivity index (χ4v) is 9.41. The number of aromatic nitrogens is 1. The number of fused-ring (bicyclic) bond motifs is 7. The molecule has 0 N–H and O–H groups in total. The quantitative estimate of drug-likeness (QED) is 0.160. The maximum atomic E-state index is 2.51. The van der Waals surface area contributed by atoms with Crippen LogP contribution in [0.25, 0.3) is 49.4 Å². The second-order valence-electron chi connectivity index (χ2n) is 15.1. The minimum Gasteiger partial charge on any atom is -0.310 e. The summed E-state index contributed by atoms with van der Waals surface area (Å²) in [6, 6.07) is 47.3. The number of anilines is 3. The van der Waals surface area contributed by atoms with Crippen molar-refractivity contribution in [3.05, 3.63) is 181 Å². The van der Waals surface area contributed by atoms with Crippen molar-refractivity contribution in [2.75, 3.05) is 4.90 Å². The molecule has 6 aromatic carbocycles. The monoisotopic (exact) mass is 672 g/mol. The highest BCUT2D eigenvalue weighted by Gasteiger charge is 2.53. The maximum Gasteiger partial charge on any atom is 0.0561 e. The highest BCUT2D eigenvalue weighted by molar-refractivity contribution is 6.11. The van der Waals surface area contributed by atoms with Crippen LogP contribution in [0.1, 0.15) is 45.7 Å². The van der Waals surface area contributed by atoms with E-state index in [1.54, 1.807) is 0 Å². The molecule has 0 saturated heterocycles. The van der Waals surface area contributed by atoms with E-state index >= 15 is 0 Å². The molecule has 0 amide bonds. The summed E-state index contributed by atoms with van der Waals surface area (Å²) in [7, 11) is 0. The van der Waals surface area contributed by atoms with Gasteiger partial charge in [-0.15, -0.1) is 0 Å². The van der Waals surface area contributed by atoms with Gasteiger partial charge in [0.25, 0.3) is 0 Å². The van der Waals surface area contributed by atoms with E-state index in [-0.39, 0.29) is 10.8 Å². The maximum absolute atomic E-state index is 2.51. The Labute approximate surface area is 307 Å². The fraction of sp³-hybridized carbons (Fsp3) is 0.160. The van der Waals surface area contributed by atoms with Gasteiger partial charge in [-0.05, 0) is 107 Å². The van der Waals surface area contributed by atoms with Crippen molar-refractivity contribution < 1.29 is 0 Å². The van der Waals surface area contributed by atoms with Crippen molar-refractivity contribution >= 4 is 55.3 Å². The molecule has 0 bridgehead atoms. The predicted molar refractivity (Wildman–Crippen MR) is 224 cm³/mol. The average molecular weight is 673 g/mol. The predicted octanol–water partition coefficient (Wildman–Crippen LogP) is 13.8. The molecule has 2 aliphatic carbocycles. The lowest BCUT2D eigenvalue weighted by Crippen LogP contribution is -2.34. The van der Waals surface area contributed by atoms with E-state index in [9.17, 15) is 0 Å². The first-order chi connectivity index (χ1) is 25.3. The summed E-state index contributed by atoms with van der Waals surface area (Å²) in [4.78, 5) is 2.51. The first-order valence-corrected chi connectivity index (χ1v) is 18.6. The molecule has 0 aliphatic heterocycles. The lowest BCUT2D eigenvalue weighted by Gasteiger charge is -2.37. The molecular formula is C50H44N2. The molecular weight excluding hydrogens is 629 g/mol. The molecule has 2 unspecified atom stereocenters. The van der Waals surface area contributed by atoms with Crippen LogP contribution >= 0.6 is 0 Å². The van der Waals surface area contributed by atoms with Crippen molar-refractivity contribution in [2.24, 2.45) is 5.92 Å². The van der Waals surface area contributed by atoms with Crippen molar-refractivity contribution in [2.45, 2.75) is 45.4 Å². The third kappa shape index (κ3) is 4.78. The zero-order chi connectivity index (χ0) is 35.6. The second kappa shape index (κ2) is 12.1. The van der Waals surface area contributed by atoms with E-state index in [1.807, 2.05) is 0 Å². The Kier molecular flexibility index (Phi) is 7.48. The zero-order valence-corrected chi connectivity index (χ0v) is 30.6. The van der Waals surface area contributed by atoms with Crippen LogP contribution in [0.5, 0.6) is 0 Å². The highest BCUT2D eigenvalue weighted by atomic mass is 15.1. The molecule has 52 heavy (non-hydrogen) atoms. The van der Waals surface area contributed by atoms with Crippen molar-refractivity contribution in [1.29, 1.82) is 0 Å². The lowest BCUT2D eigenvalue weighted by molar-refractivity contribution is 0.324. The van der Waals surface area contributed by atoms with Gasteiger partial charge >= 0.3 is 0 Å². The van der Waals surface area contributed by atoms with Crippen molar-refractivity contribution in [3.63, 3.8) is 0 Å². The molecule has 2 aliphatic rings. The number of benzene rings is 6. The first kappa shape index (κ1) is 32.1. The molecule has 9 rings (SSSR count). The number of nitrogens with zero attached hydrogens (tertiary/aromatic N) is 2. The number of para-hydroxylation sites is 1. The van der Waals surface area contributed by atoms with Crippen LogP contribution in [-0.2, 0) is 10.8 Å². The van der Waals surface area contributed by atoms with Crippen molar-refractivity contribution in [3.8, 4) is 11.1 Å². The third-order valence-electron chi connectivity index (χ3n) is 11.8. The van der Waals surface area contributed by atoms with Crippen LogP contribution in [0.3, 0.4) is 0 Å². The van der Waals surface area contributed by atoms with E-state index in [1.165, 1.54) is 60.5 Å². The zero-order valence-electron chi connectivity index (χ0n) is 30.6. The molecule has 0 spiro atoms. The van der Waals surface area contributed by atoms with Crippen LogP contribution in [-0.4, -0.2) is 4.57 Å². The van der Waals surface area contributed by atoms with Crippen LogP contribution in [0.15, 0.2) is 170 Å². The van der Waals surface area contributed by atoms with Gasteiger partial charge in [0.1, 0.15) is 0 Å². The Balaban J connectivity index is 1.28. The summed E-state index contributed by atoms with van der Waals surface area (Å²) < 4.78 is 2.42. The molecule has 7 aromatic rings. The molecule has 0 fully saturated rings. The Morgan fingerprint density at radius 1 is 0.654 bits per heavy atom. The molecule has 2 heteroatoms.